The fourth-order valence-corrected chi connectivity index (χ4v) is 3.49. The summed E-state index contributed by atoms with van der Waals surface area (Å²) >= 11 is 0. The highest BCUT2D eigenvalue weighted by atomic mass is 16.6. The largest absolute Gasteiger partial charge is 0.444 e. The van der Waals surface area contributed by atoms with Crippen molar-refractivity contribution in [2.24, 2.45) is 0 Å². The lowest BCUT2D eigenvalue weighted by molar-refractivity contribution is -0.135. The summed E-state index contributed by atoms with van der Waals surface area (Å²) in [6, 6.07) is 0. The SMILES string of the molecule is CC(=O)N1CCN(C(=O)OC(C)(C)C)C2(CCCCC2)C1. The average Bonchev–Trinajstić information content (AvgIpc) is 2.37. The van der Waals surface area contributed by atoms with E-state index in [0.717, 1.165) is 25.7 Å². The Morgan fingerprint density at radius 3 is 2.19 bits per heavy atom. The predicted molar refractivity (Wildman–Crippen MR) is 81.0 cm³/mol. The number of carbonyl (C=O) groups is 2. The Morgan fingerprint density at radius 2 is 1.67 bits per heavy atom. The summed E-state index contributed by atoms with van der Waals surface area (Å²) in [5.74, 6) is 0.101. The molecule has 0 radical (unpaired) electrons. The zero-order chi connectivity index (χ0) is 15.7. The number of hydrogen-bond donors (Lipinski definition) is 0. The third kappa shape index (κ3) is 3.69. The molecule has 0 bridgehead atoms. The van der Waals surface area contributed by atoms with Gasteiger partial charge in [-0.3, -0.25) is 9.69 Å². The summed E-state index contributed by atoms with van der Waals surface area (Å²) in [4.78, 5) is 28.1. The number of rotatable bonds is 0. The molecule has 120 valence electrons. The first kappa shape index (κ1) is 16.1. The summed E-state index contributed by atoms with van der Waals surface area (Å²) in [7, 11) is 0. The molecular formula is C16H28N2O3. The molecule has 1 saturated carbocycles. The van der Waals surface area contributed by atoms with Crippen molar-refractivity contribution >= 4 is 12.0 Å². The molecule has 0 N–H and O–H groups in total. The first-order valence-corrected chi connectivity index (χ1v) is 8.00. The molecule has 2 fully saturated rings. The van der Waals surface area contributed by atoms with Gasteiger partial charge in [0.05, 0.1) is 5.54 Å². The van der Waals surface area contributed by atoms with Gasteiger partial charge in [0.2, 0.25) is 5.91 Å². The van der Waals surface area contributed by atoms with E-state index in [1.165, 1.54) is 6.42 Å². The highest BCUT2D eigenvalue weighted by molar-refractivity contribution is 5.75. The van der Waals surface area contributed by atoms with Crippen LogP contribution in [0.25, 0.3) is 0 Å². The molecule has 2 amide bonds. The fraction of sp³-hybridized carbons (Fsp3) is 0.875. The van der Waals surface area contributed by atoms with Gasteiger partial charge in [0.1, 0.15) is 5.60 Å². The highest BCUT2D eigenvalue weighted by Gasteiger charge is 2.46. The third-order valence-corrected chi connectivity index (χ3v) is 4.49. The van der Waals surface area contributed by atoms with Gasteiger partial charge in [0.15, 0.2) is 0 Å². The summed E-state index contributed by atoms with van der Waals surface area (Å²) in [5, 5.41) is 0. The first-order chi connectivity index (χ1) is 9.73. The molecule has 0 atom stereocenters. The molecule has 1 heterocycles. The zero-order valence-electron chi connectivity index (χ0n) is 13.8. The maximum absolute atomic E-state index is 12.6. The monoisotopic (exact) mass is 296 g/mol. The highest BCUT2D eigenvalue weighted by Crippen LogP contribution is 2.37. The van der Waals surface area contributed by atoms with E-state index in [0.29, 0.717) is 19.6 Å². The molecule has 2 rings (SSSR count). The van der Waals surface area contributed by atoms with Crippen LogP contribution in [0.4, 0.5) is 4.79 Å². The maximum Gasteiger partial charge on any atom is 0.410 e. The van der Waals surface area contributed by atoms with Gasteiger partial charge in [-0.05, 0) is 33.6 Å². The van der Waals surface area contributed by atoms with Crippen molar-refractivity contribution in [3.05, 3.63) is 0 Å². The number of ether oxygens (including phenoxy) is 1. The van der Waals surface area contributed by atoms with Crippen molar-refractivity contribution in [1.82, 2.24) is 9.80 Å². The Kier molecular flexibility index (Phi) is 4.49. The Hall–Kier alpha value is -1.26. The molecular weight excluding hydrogens is 268 g/mol. The Bertz CT molecular complexity index is 408. The molecule has 5 nitrogen and oxygen atoms in total. The fourth-order valence-electron chi connectivity index (χ4n) is 3.49. The van der Waals surface area contributed by atoms with E-state index in [4.69, 9.17) is 4.74 Å². The van der Waals surface area contributed by atoms with Crippen LogP contribution in [0, 0.1) is 0 Å². The minimum absolute atomic E-state index is 0.101. The quantitative estimate of drug-likeness (QED) is 0.690. The zero-order valence-corrected chi connectivity index (χ0v) is 13.8. The Morgan fingerprint density at radius 1 is 1.05 bits per heavy atom. The molecule has 1 spiro atoms. The van der Waals surface area contributed by atoms with Gasteiger partial charge in [-0.15, -0.1) is 0 Å². The van der Waals surface area contributed by atoms with Crippen molar-refractivity contribution in [1.29, 1.82) is 0 Å². The van der Waals surface area contributed by atoms with Crippen LogP contribution in [0.3, 0.4) is 0 Å². The molecule has 0 aromatic heterocycles. The normalized spacial score (nSPS) is 22.3. The summed E-state index contributed by atoms with van der Waals surface area (Å²) in [6.45, 7) is 9.13. The van der Waals surface area contributed by atoms with Crippen molar-refractivity contribution in [3.8, 4) is 0 Å². The van der Waals surface area contributed by atoms with E-state index in [1.807, 2.05) is 30.6 Å². The van der Waals surface area contributed by atoms with Crippen LogP contribution in [0.5, 0.6) is 0 Å². The second kappa shape index (κ2) is 5.85. The molecule has 1 aliphatic heterocycles. The standard InChI is InChI=1S/C16H28N2O3/c1-13(19)17-10-11-18(14(20)21-15(2,3)4)16(12-17)8-6-5-7-9-16/h5-12H2,1-4H3. The molecule has 0 aromatic rings. The van der Waals surface area contributed by atoms with Gasteiger partial charge >= 0.3 is 6.09 Å². The number of piperazine rings is 1. The minimum Gasteiger partial charge on any atom is -0.444 e. The molecule has 0 unspecified atom stereocenters. The van der Waals surface area contributed by atoms with Crippen LogP contribution < -0.4 is 0 Å². The van der Waals surface area contributed by atoms with Crippen LogP contribution in [0.15, 0.2) is 0 Å². The molecule has 5 heteroatoms. The van der Waals surface area contributed by atoms with E-state index in [-0.39, 0.29) is 17.5 Å². The van der Waals surface area contributed by atoms with Gasteiger partial charge < -0.3 is 9.64 Å². The smallest absolute Gasteiger partial charge is 0.410 e. The third-order valence-electron chi connectivity index (χ3n) is 4.49. The van der Waals surface area contributed by atoms with Gasteiger partial charge in [0, 0.05) is 26.6 Å². The van der Waals surface area contributed by atoms with Crippen LogP contribution in [-0.2, 0) is 9.53 Å². The van der Waals surface area contributed by atoms with Crippen LogP contribution in [0.1, 0.15) is 59.8 Å². The topological polar surface area (TPSA) is 49.9 Å². The molecule has 21 heavy (non-hydrogen) atoms. The van der Waals surface area contributed by atoms with Crippen molar-refractivity contribution in [2.75, 3.05) is 19.6 Å². The van der Waals surface area contributed by atoms with Crippen LogP contribution in [-0.4, -0.2) is 52.6 Å². The van der Waals surface area contributed by atoms with Crippen molar-refractivity contribution in [2.45, 2.75) is 70.9 Å². The van der Waals surface area contributed by atoms with Gasteiger partial charge in [-0.2, -0.15) is 0 Å². The number of hydrogen-bond acceptors (Lipinski definition) is 3. The summed E-state index contributed by atoms with van der Waals surface area (Å²) in [6.07, 6.45) is 5.15. The lowest BCUT2D eigenvalue weighted by Gasteiger charge is -2.52. The molecule has 1 aliphatic carbocycles. The minimum atomic E-state index is -0.481. The summed E-state index contributed by atoms with van der Waals surface area (Å²) in [5.41, 5.74) is -0.699. The lowest BCUT2D eigenvalue weighted by atomic mass is 9.78. The number of amides is 2. The first-order valence-electron chi connectivity index (χ1n) is 8.00. The van der Waals surface area contributed by atoms with Crippen LogP contribution in [0.2, 0.25) is 0 Å². The number of nitrogens with zero attached hydrogens (tertiary/aromatic N) is 2. The lowest BCUT2D eigenvalue weighted by Crippen LogP contribution is -2.65. The molecule has 0 aromatic carbocycles. The maximum atomic E-state index is 12.6. The summed E-state index contributed by atoms with van der Waals surface area (Å²) < 4.78 is 5.58. The van der Waals surface area contributed by atoms with E-state index in [2.05, 4.69) is 0 Å². The van der Waals surface area contributed by atoms with Crippen molar-refractivity contribution < 1.29 is 14.3 Å². The predicted octanol–water partition coefficient (Wildman–Crippen LogP) is 2.79. The van der Waals surface area contributed by atoms with Gasteiger partial charge in [-0.1, -0.05) is 19.3 Å². The number of carbonyl (C=O) groups excluding carboxylic acids is 2. The van der Waals surface area contributed by atoms with E-state index in [9.17, 15) is 9.59 Å². The van der Waals surface area contributed by atoms with E-state index >= 15 is 0 Å². The van der Waals surface area contributed by atoms with Crippen LogP contribution >= 0.6 is 0 Å². The van der Waals surface area contributed by atoms with Gasteiger partial charge in [0.25, 0.3) is 0 Å². The van der Waals surface area contributed by atoms with Crippen molar-refractivity contribution in [3.63, 3.8) is 0 Å². The van der Waals surface area contributed by atoms with E-state index in [1.54, 1.807) is 6.92 Å². The molecule has 2 aliphatic rings. The Labute approximate surface area is 127 Å². The molecule has 1 saturated heterocycles. The van der Waals surface area contributed by atoms with Gasteiger partial charge in [-0.25, -0.2) is 4.79 Å². The Balaban J connectivity index is 2.18. The van der Waals surface area contributed by atoms with E-state index < -0.39 is 5.60 Å². The second-order valence-electron chi connectivity index (χ2n) is 7.36. The second-order valence-corrected chi connectivity index (χ2v) is 7.36. The average molecular weight is 296 g/mol.